The second kappa shape index (κ2) is 5.36. The quantitative estimate of drug-likeness (QED) is 0.929. The molecule has 0 spiro atoms. The molecule has 2 rings (SSSR count). The molecule has 0 aromatic carbocycles. The average Bonchev–Trinajstić information content (AvgIpc) is 2.40. The van der Waals surface area contributed by atoms with E-state index in [2.05, 4.69) is 15.3 Å². The number of alkyl halides is 3. The van der Waals surface area contributed by atoms with Crippen LogP contribution < -0.4 is 5.32 Å². The molecular formula is C13H12F3N3. The largest absolute Gasteiger partial charge is 0.417 e. The van der Waals surface area contributed by atoms with Crippen LogP contribution in [0.25, 0.3) is 0 Å². The average molecular weight is 267 g/mol. The fourth-order valence-electron chi connectivity index (χ4n) is 1.78. The lowest BCUT2D eigenvalue weighted by molar-refractivity contribution is -0.137. The van der Waals surface area contributed by atoms with Crippen molar-refractivity contribution in [2.45, 2.75) is 12.2 Å². The third-order valence-electron chi connectivity index (χ3n) is 2.72. The molecule has 0 radical (unpaired) electrons. The predicted molar refractivity (Wildman–Crippen MR) is 64.4 cm³/mol. The Balaban J connectivity index is 2.30. The van der Waals surface area contributed by atoms with Crippen molar-refractivity contribution in [2.24, 2.45) is 0 Å². The summed E-state index contributed by atoms with van der Waals surface area (Å²) in [6.45, 7) is 0. The van der Waals surface area contributed by atoms with Crippen LogP contribution in [-0.2, 0) is 6.18 Å². The fourth-order valence-corrected chi connectivity index (χ4v) is 1.78. The molecule has 6 heteroatoms. The summed E-state index contributed by atoms with van der Waals surface area (Å²) in [5, 5.41) is 3.01. The van der Waals surface area contributed by atoms with Crippen molar-refractivity contribution in [3.63, 3.8) is 0 Å². The highest BCUT2D eigenvalue weighted by Crippen LogP contribution is 2.29. The minimum Gasteiger partial charge on any atom is -0.308 e. The normalized spacial score (nSPS) is 13.3. The van der Waals surface area contributed by atoms with Gasteiger partial charge in [-0.05, 0) is 30.8 Å². The molecule has 0 aliphatic heterocycles. The molecule has 19 heavy (non-hydrogen) atoms. The van der Waals surface area contributed by atoms with Crippen LogP contribution in [0.4, 0.5) is 13.2 Å². The van der Waals surface area contributed by atoms with Gasteiger partial charge in [0.05, 0.1) is 17.3 Å². The van der Waals surface area contributed by atoms with Crippen LogP contribution in [0, 0.1) is 0 Å². The van der Waals surface area contributed by atoms with E-state index < -0.39 is 11.7 Å². The van der Waals surface area contributed by atoms with Gasteiger partial charge in [0.15, 0.2) is 0 Å². The molecule has 1 N–H and O–H groups in total. The third-order valence-corrected chi connectivity index (χ3v) is 2.72. The highest BCUT2D eigenvalue weighted by molar-refractivity contribution is 5.27. The van der Waals surface area contributed by atoms with Crippen molar-refractivity contribution in [3.05, 3.63) is 59.7 Å². The van der Waals surface area contributed by atoms with Crippen molar-refractivity contribution in [3.8, 4) is 0 Å². The summed E-state index contributed by atoms with van der Waals surface area (Å²) in [5.41, 5.74) is 0.609. The second-order valence-corrected chi connectivity index (χ2v) is 3.98. The van der Waals surface area contributed by atoms with Gasteiger partial charge in [-0.25, -0.2) is 0 Å². The van der Waals surface area contributed by atoms with E-state index >= 15 is 0 Å². The summed E-state index contributed by atoms with van der Waals surface area (Å²) < 4.78 is 37.4. The van der Waals surface area contributed by atoms with Gasteiger partial charge < -0.3 is 5.32 Å². The molecule has 2 heterocycles. The van der Waals surface area contributed by atoms with Crippen molar-refractivity contribution >= 4 is 0 Å². The fraction of sp³-hybridized carbons (Fsp3) is 0.231. The minimum atomic E-state index is -4.37. The molecule has 0 saturated heterocycles. The maximum atomic E-state index is 12.5. The van der Waals surface area contributed by atoms with E-state index in [-0.39, 0.29) is 6.04 Å². The van der Waals surface area contributed by atoms with Crippen LogP contribution in [0.3, 0.4) is 0 Å². The number of halogens is 3. The Labute approximate surface area is 108 Å². The molecule has 0 amide bonds. The molecule has 0 aliphatic rings. The van der Waals surface area contributed by atoms with E-state index in [1.165, 1.54) is 6.07 Å². The van der Waals surface area contributed by atoms with Gasteiger partial charge in [0.1, 0.15) is 0 Å². The molecule has 0 aliphatic carbocycles. The number of pyridine rings is 2. The SMILES string of the molecule is CNC(c1cccnc1)c1ccc(C(F)(F)F)cn1. The monoisotopic (exact) mass is 267 g/mol. The first-order chi connectivity index (χ1) is 9.02. The third kappa shape index (κ3) is 3.08. The van der Waals surface area contributed by atoms with E-state index in [1.807, 2.05) is 6.07 Å². The molecular weight excluding hydrogens is 255 g/mol. The minimum absolute atomic E-state index is 0.281. The highest BCUT2D eigenvalue weighted by atomic mass is 19.4. The maximum absolute atomic E-state index is 12.5. The van der Waals surface area contributed by atoms with Gasteiger partial charge in [-0.1, -0.05) is 6.07 Å². The summed E-state index contributed by atoms with van der Waals surface area (Å²) in [4.78, 5) is 7.87. The van der Waals surface area contributed by atoms with Gasteiger partial charge in [-0.2, -0.15) is 13.2 Å². The smallest absolute Gasteiger partial charge is 0.308 e. The van der Waals surface area contributed by atoms with Crippen LogP contribution in [0.2, 0.25) is 0 Å². The van der Waals surface area contributed by atoms with Crippen LogP contribution in [0.5, 0.6) is 0 Å². The Bertz CT molecular complexity index is 523. The summed E-state index contributed by atoms with van der Waals surface area (Å²) >= 11 is 0. The summed E-state index contributed by atoms with van der Waals surface area (Å²) in [5.74, 6) is 0. The van der Waals surface area contributed by atoms with Gasteiger partial charge in [-0.3, -0.25) is 9.97 Å². The topological polar surface area (TPSA) is 37.8 Å². The van der Waals surface area contributed by atoms with E-state index in [1.54, 1.807) is 25.5 Å². The Kier molecular flexibility index (Phi) is 3.80. The zero-order valence-electron chi connectivity index (χ0n) is 10.1. The molecule has 2 aromatic heterocycles. The van der Waals surface area contributed by atoms with Gasteiger partial charge in [0, 0.05) is 18.6 Å². The van der Waals surface area contributed by atoms with Crippen LogP contribution >= 0.6 is 0 Å². The zero-order chi connectivity index (χ0) is 13.9. The summed E-state index contributed by atoms with van der Waals surface area (Å²) in [6.07, 6.45) is -0.234. The van der Waals surface area contributed by atoms with Crippen molar-refractivity contribution in [2.75, 3.05) is 7.05 Å². The zero-order valence-corrected chi connectivity index (χ0v) is 10.1. The van der Waals surface area contributed by atoms with Gasteiger partial charge >= 0.3 is 6.18 Å². The Hall–Kier alpha value is -1.95. The molecule has 1 unspecified atom stereocenters. The van der Waals surface area contributed by atoms with E-state index in [0.717, 1.165) is 17.8 Å². The maximum Gasteiger partial charge on any atom is 0.417 e. The standard InChI is InChI=1S/C13H12F3N3/c1-17-12(9-3-2-6-18-7-9)11-5-4-10(8-19-11)13(14,15)16/h2-8,12,17H,1H3. The molecule has 1 atom stereocenters. The van der Waals surface area contributed by atoms with Crippen LogP contribution in [0.15, 0.2) is 42.9 Å². The van der Waals surface area contributed by atoms with Crippen LogP contribution in [-0.4, -0.2) is 17.0 Å². The number of hydrogen-bond acceptors (Lipinski definition) is 3. The first kappa shape index (κ1) is 13.5. The van der Waals surface area contributed by atoms with Crippen LogP contribution in [0.1, 0.15) is 22.9 Å². The lowest BCUT2D eigenvalue weighted by atomic mass is 10.0. The van der Waals surface area contributed by atoms with Crippen molar-refractivity contribution in [1.29, 1.82) is 0 Å². The van der Waals surface area contributed by atoms with E-state index in [9.17, 15) is 13.2 Å². The molecule has 0 fully saturated rings. The number of hydrogen-bond donors (Lipinski definition) is 1. The molecule has 0 bridgehead atoms. The first-order valence-electron chi connectivity index (χ1n) is 5.62. The first-order valence-corrected chi connectivity index (χ1v) is 5.62. The Morgan fingerprint density at radius 3 is 2.42 bits per heavy atom. The Morgan fingerprint density at radius 1 is 1.16 bits per heavy atom. The Morgan fingerprint density at radius 2 is 1.95 bits per heavy atom. The molecule has 2 aromatic rings. The molecule has 100 valence electrons. The number of nitrogens with zero attached hydrogens (tertiary/aromatic N) is 2. The van der Waals surface area contributed by atoms with Gasteiger partial charge in [-0.15, -0.1) is 0 Å². The lowest BCUT2D eigenvalue weighted by Crippen LogP contribution is -2.19. The summed E-state index contributed by atoms with van der Waals surface area (Å²) in [6, 6.07) is 5.73. The highest BCUT2D eigenvalue weighted by Gasteiger charge is 2.31. The predicted octanol–water partition coefficient (Wildman–Crippen LogP) is 2.80. The number of aromatic nitrogens is 2. The van der Waals surface area contributed by atoms with Gasteiger partial charge in [0.2, 0.25) is 0 Å². The van der Waals surface area contributed by atoms with Gasteiger partial charge in [0.25, 0.3) is 0 Å². The van der Waals surface area contributed by atoms with Crippen molar-refractivity contribution in [1.82, 2.24) is 15.3 Å². The summed E-state index contributed by atoms with van der Waals surface area (Å²) in [7, 11) is 1.72. The van der Waals surface area contributed by atoms with Crippen molar-refractivity contribution < 1.29 is 13.2 Å². The van der Waals surface area contributed by atoms with E-state index in [0.29, 0.717) is 5.69 Å². The number of nitrogens with one attached hydrogen (secondary N) is 1. The molecule has 3 nitrogen and oxygen atoms in total. The lowest BCUT2D eigenvalue weighted by Gasteiger charge is -2.16. The second-order valence-electron chi connectivity index (χ2n) is 3.98. The molecule has 0 saturated carbocycles. The number of rotatable bonds is 3. The van der Waals surface area contributed by atoms with E-state index in [4.69, 9.17) is 0 Å².